The third-order valence-corrected chi connectivity index (χ3v) is 9.37. The normalized spacial score (nSPS) is 14.8. The number of phosphoric acid groups is 1. The first kappa shape index (κ1) is 53.1. The maximum atomic E-state index is 12.6. The van der Waals surface area contributed by atoms with Crippen molar-refractivity contribution in [3.05, 3.63) is 85.1 Å². The molecule has 3 unspecified atom stereocenters. The lowest BCUT2D eigenvalue weighted by atomic mass is 10.1. The largest absolute Gasteiger partial charge is 0.480 e. The molecule has 0 aromatic rings. The van der Waals surface area contributed by atoms with Crippen molar-refractivity contribution < 1.29 is 42.7 Å². The number of hydrogen-bond donors (Lipinski definition) is 3. The highest BCUT2D eigenvalue weighted by atomic mass is 31.2. The summed E-state index contributed by atoms with van der Waals surface area (Å²) in [6, 6.07) is -1.49. The summed E-state index contributed by atoms with van der Waals surface area (Å²) < 4.78 is 33.2. The summed E-state index contributed by atoms with van der Waals surface area (Å²) in [5, 5.41) is 8.89. The number of allylic oxidation sites excluding steroid dienone is 14. The Morgan fingerprint density at radius 1 is 0.589 bits per heavy atom. The lowest BCUT2D eigenvalue weighted by molar-refractivity contribution is -0.154. The van der Waals surface area contributed by atoms with Crippen LogP contribution in [-0.2, 0) is 32.7 Å². The molecule has 0 aromatic carbocycles. The van der Waals surface area contributed by atoms with Gasteiger partial charge in [0, 0.05) is 13.0 Å². The third-order valence-electron chi connectivity index (χ3n) is 8.42. The molecule has 0 radical (unpaired) electrons. The lowest BCUT2D eigenvalue weighted by Crippen LogP contribution is -2.34. The molecule has 56 heavy (non-hydrogen) atoms. The van der Waals surface area contributed by atoms with Gasteiger partial charge in [-0.2, -0.15) is 0 Å². The topological polar surface area (TPSA) is 155 Å². The SMILES string of the molecule is CC/C=C\C/C=C\C/C=C\C/C=C\C/C=C\C/C=C\CCC(=O)OC(COCCCCCCCC/C=C\CCCCCCC)COP(=O)(O)OCC(N)C(=O)O. The number of esters is 1. The van der Waals surface area contributed by atoms with E-state index >= 15 is 0 Å². The molecule has 0 saturated carbocycles. The molecule has 0 heterocycles. The lowest BCUT2D eigenvalue weighted by Gasteiger charge is -2.20. The standard InChI is InChI=1S/C45H76NO9P/c1-3-5-7-9-11-13-15-17-19-20-21-22-23-25-27-29-31-33-35-37-44(47)55-42(40-53-56(50,51)54-41-43(46)45(48)49)39-52-38-36-34-32-30-28-26-24-18-16-14-12-10-8-6-4-2/h5,7,11,13,16-19,21-22,25,27,31,33,42-43H,3-4,6,8-10,12,14-15,20,23-24,26,28-30,32,34-41,46H2,1-2H3,(H,48,49)(H,50,51)/b7-5-,13-11-,18-16-,19-17-,22-21-,27-25-,33-31-. The van der Waals surface area contributed by atoms with Crippen molar-refractivity contribution >= 4 is 19.8 Å². The minimum absolute atomic E-state index is 0.0226. The highest BCUT2D eigenvalue weighted by Crippen LogP contribution is 2.43. The molecule has 0 aliphatic carbocycles. The molecule has 0 spiro atoms. The van der Waals surface area contributed by atoms with Crippen LogP contribution < -0.4 is 5.73 Å². The number of nitrogens with two attached hydrogens (primary N) is 1. The maximum Gasteiger partial charge on any atom is 0.472 e. The maximum absolute atomic E-state index is 12.6. The van der Waals surface area contributed by atoms with E-state index in [1.165, 1.54) is 57.8 Å². The Balaban J connectivity index is 4.42. The number of aliphatic carboxylic acids is 1. The number of hydrogen-bond acceptors (Lipinski definition) is 8. The molecule has 4 N–H and O–H groups in total. The van der Waals surface area contributed by atoms with Crippen molar-refractivity contribution in [2.45, 2.75) is 161 Å². The molecule has 11 heteroatoms. The molecule has 0 saturated heterocycles. The Labute approximate surface area is 339 Å². The van der Waals surface area contributed by atoms with Crippen molar-refractivity contribution in [1.82, 2.24) is 0 Å². The van der Waals surface area contributed by atoms with Crippen LogP contribution in [0.25, 0.3) is 0 Å². The fourth-order valence-corrected chi connectivity index (χ4v) is 5.93. The molecular formula is C45H76NO9P. The summed E-state index contributed by atoms with van der Waals surface area (Å²) in [6.07, 6.45) is 50.8. The van der Waals surface area contributed by atoms with Crippen LogP contribution in [0.3, 0.4) is 0 Å². The predicted octanol–water partition coefficient (Wildman–Crippen LogP) is 11.6. The average Bonchev–Trinajstić information content (AvgIpc) is 3.18. The van der Waals surface area contributed by atoms with E-state index in [0.29, 0.717) is 13.0 Å². The van der Waals surface area contributed by atoms with Gasteiger partial charge >= 0.3 is 19.8 Å². The molecule has 0 rings (SSSR count). The minimum Gasteiger partial charge on any atom is -0.480 e. The average molecular weight is 806 g/mol. The van der Waals surface area contributed by atoms with Crippen molar-refractivity contribution in [3.63, 3.8) is 0 Å². The monoisotopic (exact) mass is 806 g/mol. The van der Waals surface area contributed by atoms with Crippen molar-refractivity contribution in [1.29, 1.82) is 0 Å². The Hall–Kier alpha value is -2.85. The van der Waals surface area contributed by atoms with Gasteiger partial charge in [-0.3, -0.25) is 18.6 Å². The molecule has 320 valence electrons. The van der Waals surface area contributed by atoms with Gasteiger partial charge in [0.15, 0.2) is 0 Å². The molecule has 0 aliphatic heterocycles. The second-order valence-electron chi connectivity index (χ2n) is 13.7. The van der Waals surface area contributed by atoms with Gasteiger partial charge in [-0.25, -0.2) is 4.57 Å². The first-order chi connectivity index (χ1) is 27.2. The van der Waals surface area contributed by atoms with Gasteiger partial charge < -0.3 is 25.2 Å². The quantitative estimate of drug-likeness (QED) is 0.0237. The Kier molecular flexibility index (Phi) is 38.3. The highest BCUT2D eigenvalue weighted by molar-refractivity contribution is 7.47. The second-order valence-corrected chi connectivity index (χ2v) is 15.2. The molecule has 0 amide bonds. The highest BCUT2D eigenvalue weighted by Gasteiger charge is 2.27. The van der Waals surface area contributed by atoms with Crippen LogP contribution in [0.4, 0.5) is 0 Å². The van der Waals surface area contributed by atoms with Gasteiger partial charge in [-0.1, -0.05) is 150 Å². The number of rotatable bonds is 39. The van der Waals surface area contributed by atoms with Gasteiger partial charge in [-0.15, -0.1) is 0 Å². The van der Waals surface area contributed by atoms with Gasteiger partial charge in [0.2, 0.25) is 0 Å². The zero-order chi connectivity index (χ0) is 41.2. The number of carboxylic acids is 1. The molecule has 3 atom stereocenters. The summed E-state index contributed by atoms with van der Waals surface area (Å²) in [4.78, 5) is 33.5. The van der Waals surface area contributed by atoms with Crippen molar-refractivity contribution in [2.24, 2.45) is 5.73 Å². The minimum atomic E-state index is -4.64. The number of ether oxygens (including phenoxy) is 2. The molecule has 10 nitrogen and oxygen atoms in total. The number of carbonyl (C=O) groups excluding carboxylic acids is 1. The van der Waals surface area contributed by atoms with Crippen LogP contribution in [0.15, 0.2) is 85.1 Å². The van der Waals surface area contributed by atoms with E-state index < -0.39 is 45.1 Å². The first-order valence-corrected chi connectivity index (χ1v) is 22.6. The third kappa shape index (κ3) is 39.4. The fraction of sp³-hybridized carbons (Fsp3) is 0.644. The summed E-state index contributed by atoms with van der Waals surface area (Å²) in [5.74, 6) is -1.88. The van der Waals surface area contributed by atoms with Gasteiger partial charge in [0.05, 0.1) is 19.8 Å². The number of carbonyl (C=O) groups is 2. The molecule has 0 aliphatic rings. The fourth-order valence-electron chi connectivity index (χ4n) is 5.15. The van der Waals surface area contributed by atoms with Gasteiger partial charge in [0.25, 0.3) is 0 Å². The Morgan fingerprint density at radius 2 is 1.04 bits per heavy atom. The van der Waals surface area contributed by atoms with Crippen molar-refractivity contribution in [3.8, 4) is 0 Å². The van der Waals surface area contributed by atoms with E-state index in [9.17, 15) is 19.0 Å². The number of carboxylic acid groups (broad SMARTS) is 1. The number of phosphoric ester groups is 1. The second kappa shape index (κ2) is 40.4. The Morgan fingerprint density at radius 3 is 1.55 bits per heavy atom. The smallest absolute Gasteiger partial charge is 0.472 e. The molecule has 0 aromatic heterocycles. The van der Waals surface area contributed by atoms with E-state index in [4.69, 9.17) is 29.4 Å². The summed E-state index contributed by atoms with van der Waals surface area (Å²) >= 11 is 0. The summed E-state index contributed by atoms with van der Waals surface area (Å²) in [6.45, 7) is 3.63. The molecule has 0 bridgehead atoms. The van der Waals surface area contributed by atoms with E-state index in [-0.39, 0.29) is 13.0 Å². The zero-order valence-electron chi connectivity index (χ0n) is 34.7. The van der Waals surface area contributed by atoms with Gasteiger partial charge in [0.1, 0.15) is 12.1 Å². The van der Waals surface area contributed by atoms with E-state index in [1.807, 2.05) is 12.2 Å². The van der Waals surface area contributed by atoms with Crippen LogP contribution >= 0.6 is 7.82 Å². The summed E-state index contributed by atoms with van der Waals surface area (Å²) in [5.41, 5.74) is 5.34. The molecule has 0 fully saturated rings. The van der Waals surface area contributed by atoms with E-state index in [2.05, 4.69) is 86.8 Å². The molecular weight excluding hydrogens is 729 g/mol. The van der Waals surface area contributed by atoms with Crippen LogP contribution in [0.1, 0.15) is 149 Å². The van der Waals surface area contributed by atoms with Crippen LogP contribution in [0.5, 0.6) is 0 Å². The van der Waals surface area contributed by atoms with Gasteiger partial charge in [-0.05, 0) is 77.0 Å². The van der Waals surface area contributed by atoms with E-state index in [0.717, 1.165) is 64.2 Å². The Bertz CT molecular complexity index is 1210. The number of unbranched alkanes of at least 4 members (excludes halogenated alkanes) is 11. The van der Waals surface area contributed by atoms with Crippen molar-refractivity contribution in [2.75, 3.05) is 26.4 Å². The predicted molar refractivity (Wildman–Crippen MR) is 230 cm³/mol. The summed E-state index contributed by atoms with van der Waals surface area (Å²) in [7, 11) is -4.64. The van der Waals surface area contributed by atoms with Crippen LogP contribution in [-0.4, -0.2) is 60.5 Å². The first-order valence-electron chi connectivity index (χ1n) is 21.1. The zero-order valence-corrected chi connectivity index (χ0v) is 35.6. The van der Waals surface area contributed by atoms with Crippen LogP contribution in [0, 0.1) is 0 Å². The van der Waals surface area contributed by atoms with E-state index in [1.54, 1.807) is 0 Å². The van der Waals surface area contributed by atoms with Crippen LogP contribution in [0.2, 0.25) is 0 Å².